The predicted molar refractivity (Wildman–Crippen MR) is 149 cm³/mol. The highest BCUT2D eigenvalue weighted by molar-refractivity contribution is 6.04. The molecule has 1 atom stereocenters. The Hall–Kier alpha value is -3.61. The van der Waals surface area contributed by atoms with Gasteiger partial charge in [0.1, 0.15) is 0 Å². The molecule has 7 heteroatoms. The molecule has 1 fully saturated rings. The zero-order chi connectivity index (χ0) is 26.9. The summed E-state index contributed by atoms with van der Waals surface area (Å²) in [6, 6.07) is 15.9. The molecule has 1 saturated carbocycles. The van der Waals surface area contributed by atoms with Gasteiger partial charge in [0.25, 0.3) is 0 Å². The summed E-state index contributed by atoms with van der Waals surface area (Å²) < 4.78 is 5.50. The van der Waals surface area contributed by atoms with E-state index < -0.39 is 12.0 Å². The summed E-state index contributed by atoms with van der Waals surface area (Å²) >= 11 is 0. The molecule has 0 saturated heterocycles. The molecule has 2 N–H and O–H groups in total. The van der Waals surface area contributed by atoms with E-state index in [1.54, 1.807) is 11.8 Å². The number of amides is 3. The number of carbonyl (C=O) groups is 3. The van der Waals surface area contributed by atoms with Gasteiger partial charge in [0.15, 0.2) is 0 Å². The standard InChI is InChI=1S/C31H39N3O4/c1-3-5-20-34-29(23-14-7-6-8-15-23)27(30(36)38-4-2)28(33-31(34)37)24-16-11-17-25(21-24)32-26(35)19-18-22-12-9-10-13-22/h6-8,11,14-17,21-22,28H,3-5,9-10,12-13,18-20H2,1-2H3,(H,32,35)(H,33,37). The molecule has 2 aliphatic rings. The quantitative estimate of drug-likeness (QED) is 0.336. The van der Waals surface area contributed by atoms with Crippen LogP contribution in [0.25, 0.3) is 5.70 Å². The fourth-order valence-corrected chi connectivity index (χ4v) is 5.42. The van der Waals surface area contributed by atoms with E-state index in [0.717, 1.165) is 24.8 Å². The number of esters is 1. The molecule has 1 aliphatic carbocycles. The van der Waals surface area contributed by atoms with Crippen molar-refractivity contribution in [2.45, 2.75) is 71.3 Å². The second-order valence-electron chi connectivity index (χ2n) is 10.1. The molecule has 38 heavy (non-hydrogen) atoms. The Kier molecular flexibility index (Phi) is 9.57. The number of ether oxygens (including phenoxy) is 1. The van der Waals surface area contributed by atoms with Gasteiger partial charge in [0.2, 0.25) is 5.91 Å². The number of unbranched alkanes of at least 4 members (excludes halogenated alkanes) is 1. The summed E-state index contributed by atoms with van der Waals surface area (Å²) in [6.07, 6.45) is 8.07. The SMILES string of the molecule is CCCCN1C(=O)NC(c2cccc(NC(=O)CCC3CCCC3)c2)C(C(=O)OCC)=C1c1ccccc1. The molecule has 2 aromatic carbocycles. The molecule has 7 nitrogen and oxygen atoms in total. The van der Waals surface area contributed by atoms with Crippen molar-refractivity contribution >= 4 is 29.3 Å². The molecule has 1 unspecified atom stereocenters. The largest absolute Gasteiger partial charge is 0.463 e. The Morgan fingerprint density at radius 3 is 2.53 bits per heavy atom. The number of nitrogens with zero attached hydrogens (tertiary/aromatic N) is 1. The van der Waals surface area contributed by atoms with Gasteiger partial charge in [0, 0.05) is 18.7 Å². The lowest BCUT2D eigenvalue weighted by Crippen LogP contribution is -2.48. The van der Waals surface area contributed by atoms with E-state index in [0.29, 0.717) is 41.4 Å². The van der Waals surface area contributed by atoms with Crippen LogP contribution >= 0.6 is 0 Å². The molecule has 3 amide bonds. The summed E-state index contributed by atoms with van der Waals surface area (Å²) in [5.41, 5.74) is 3.09. The molecule has 2 aromatic rings. The highest BCUT2D eigenvalue weighted by Crippen LogP contribution is 2.37. The summed E-state index contributed by atoms with van der Waals surface area (Å²) in [5, 5.41) is 6.05. The van der Waals surface area contributed by atoms with Crippen molar-refractivity contribution in [1.29, 1.82) is 0 Å². The summed E-state index contributed by atoms with van der Waals surface area (Å²) in [4.78, 5) is 41.2. The van der Waals surface area contributed by atoms with Crippen LogP contribution in [-0.2, 0) is 14.3 Å². The number of carbonyl (C=O) groups excluding carboxylic acids is 3. The number of rotatable bonds is 11. The molecular formula is C31H39N3O4. The van der Waals surface area contributed by atoms with E-state index in [4.69, 9.17) is 4.74 Å². The first-order valence-electron chi connectivity index (χ1n) is 14.0. The summed E-state index contributed by atoms with van der Waals surface area (Å²) in [6.45, 7) is 4.54. The Morgan fingerprint density at radius 2 is 1.82 bits per heavy atom. The van der Waals surface area contributed by atoms with Crippen molar-refractivity contribution in [3.05, 3.63) is 71.3 Å². The molecule has 202 valence electrons. The lowest BCUT2D eigenvalue weighted by atomic mass is 9.91. The summed E-state index contributed by atoms with van der Waals surface area (Å²) in [7, 11) is 0. The van der Waals surface area contributed by atoms with E-state index in [1.165, 1.54) is 25.7 Å². The van der Waals surface area contributed by atoms with Crippen molar-refractivity contribution in [2.75, 3.05) is 18.5 Å². The van der Waals surface area contributed by atoms with Crippen molar-refractivity contribution in [1.82, 2.24) is 10.2 Å². The zero-order valence-electron chi connectivity index (χ0n) is 22.5. The van der Waals surface area contributed by atoms with Gasteiger partial charge in [-0.05, 0) is 48.9 Å². The van der Waals surface area contributed by atoms with E-state index in [2.05, 4.69) is 17.6 Å². The van der Waals surface area contributed by atoms with Crippen LogP contribution in [0.15, 0.2) is 60.2 Å². The molecule has 0 aromatic heterocycles. The lowest BCUT2D eigenvalue weighted by molar-refractivity contribution is -0.139. The predicted octanol–water partition coefficient (Wildman–Crippen LogP) is 6.44. The maximum absolute atomic E-state index is 13.4. The molecule has 0 spiro atoms. The van der Waals surface area contributed by atoms with E-state index in [9.17, 15) is 14.4 Å². The van der Waals surface area contributed by atoms with Gasteiger partial charge in [0.05, 0.1) is 23.9 Å². The van der Waals surface area contributed by atoms with Gasteiger partial charge in [-0.2, -0.15) is 0 Å². The van der Waals surface area contributed by atoms with Crippen LogP contribution in [0.2, 0.25) is 0 Å². The van der Waals surface area contributed by atoms with Crippen molar-refractivity contribution in [3.63, 3.8) is 0 Å². The van der Waals surface area contributed by atoms with Crippen LogP contribution in [0.4, 0.5) is 10.5 Å². The minimum atomic E-state index is -0.718. The first-order valence-corrected chi connectivity index (χ1v) is 14.0. The number of hydrogen-bond donors (Lipinski definition) is 2. The van der Waals surface area contributed by atoms with Crippen molar-refractivity contribution in [3.8, 4) is 0 Å². The Balaban J connectivity index is 1.68. The topological polar surface area (TPSA) is 87.7 Å². The lowest BCUT2D eigenvalue weighted by Gasteiger charge is -2.37. The van der Waals surface area contributed by atoms with Crippen LogP contribution < -0.4 is 10.6 Å². The van der Waals surface area contributed by atoms with Crippen molar-refractivity contribution in [2.24, 2.45) is 5.92 Å². The normalized spacial score (nSPS) is 17.9. The van der Waals surface area contributed by atoms with Crippen LogP contribution in [-0.4, -0.2) is 36.0 Å². The van der Waals surface area contributed by atoms with Crippen LogP contribution in [0.5, 0.6) is 0 Å². The molecule has 0 bridgehead atoms. The molecule has 0 radical (unpaired) electrons. The Morgan fingerprint density at radius 1 is 1.05 bits per heavy atom. The average Bonchev–Trinajstić information content (AvgIpc) is 3.45. The van der Waals surface area contributed by atoms with Gasteiger partial charge in [-0.15, -0.1) is 0 Å². The van der Waals surface area contributed by atoms with Crippen molar-refractivity contribution < 1.29 is 19.1 Å². The van der Waals surface area contributed by atoms with Gasteiger partial charge in [-0.3, -0.25) is 9.69 Å². The maximum Gasteiger partial charge on any atom is 0.338 e. The van der Waals surface area contributed by atoms with Crippen LogP contribution in [0.1, 0.15) is 82.4 Å². The first-order chi connectivity index (χ1) is 18.5. The first kappa shape index (κ1) is 27.4. The van der Waals surface area contributed by atoms with Gasteiger partial charge in [-0.25, -0.2) is 9.59 Å². The monoisotopic (exact) mass is 517 g/mol. The Bertz CT molecular complexity index is 1150. The minimum Gasteiger partial charge on any atom is -0.463 e. The molecular weight excluding hydrogens is 478 g/mol. The second kappa shape index (κ2) is 13.3. The number of urea groups is 1. The zero-order valence-corrected chi connectivity index (χ0v) is 22.5. The second-order valence-corrected chi connectivity index (χ2v) is 10.1. The minimum absolute atomic E-state index is 0.0152. The highest BCUT2D eigenvalue weighted by atomic mass is 16.5. The number of anilines is 1. The Labute approximate surface area is 225 Å². The van der Waals surface area contributed by atoms with Gasteiger partial charge in [-0.1, -0.05) is 81.5 Å². The van der Waals surface area contributed by atoms with Gasteiger partial charge < -0.3 is 15.4 Å². The molecule has 1 heterocycles. The maximum atomic E-state index is 13.4. The van der Waals surface area contributed by atoms with E-state index in [-0.39, 0.29) is 18.5 Å². The smallest absolute Gasteiger partial charge is 0.338 e. The number of benzene rings is 2. The highest BCUT2D eigenvalue weighted by Gasteiger charge is 2.38. The summed E-state index contributed by atoms with van der Waals surface area (Å²) in [5.74, 6) is 0.163. The number of hydrogen-bond acceptors (Lipinski definition) is 4. The fraction of sp³-hybridized carbons (Fsp3) is 0.452. The van der Waals surface area contributed by atoms with E-state index in [1.807, 2.05) is 54.6 Å². The van der Waals surface area contributed by atoms with Crippen LogP contribution in [0.3, 0.4) is 0 Å². The molecule has 1 aliphatic heterocycles. The number of nitrogens with one attached hydrogen (secondary N) is 2. The van der Waals surface area contributed by atoms with Gasteiger partial charge >= 0.3 is 12.0 Å². The fourth-order valence-electron chi connectivity index (χ4n) is 5.42. The molecule has 4 rings (SSSR count). The average molecular weight is 518 g/mol. The van der Waals surface area contributed by atoms with Crippen LogP contribution in [0, 0.1) is 5.92 Å². The third kappa shape index (κ3) is 6.63. The van der Waals surface area contributed by atoms with E-state index >= 15 is 0 Å². The third-order valence-corrected chi connectivity index (χ3v) is 7.36. The third-order valence-electron chi connectivity index (χ3n) is 7.36.